The Morgan fingerprint density at radius 3 is 2.52 bits per heavy atom. The number of rotatable bonds is 3. The molecular formula is C15H13FN2O3. The van der Waals surface area contributed by atoms with Crippen LogP contribution in [-0.2, 0) is 0 Å². The smallest absolute Gasteiger partial charge is 0.337 e. The van der Waals surface area contributed by atoms with Crippen LogP contribution in [0, 0.1) is 12.7 Å². The van der Waals surface area contributed by atoms with Crippen LogP contribution in [0.2, 0.25) is 0 Å². The average molecular weight is 288 g/mol. The number of anilines is 2. The molecule has 21 heavy (non-hydrogen) atoms. The number of carboxylic acids is 1. The number of hydrogen-bond donors (Lipinski definition) is 3. The number of carboxylic acid groups (broad SMARTS) is 1. The van der Waals surface area contributed by atoms with E-state index in [0.29, 0.717) is 11.3 Å². The van der Waals surface area contributed by atoms with E-state index in [-0.39, 0.29) is 16.8 Å². The zero-order chi connectivity index (χ0) is 15.6. The standard InChI is InChI=1S/C15H13FN2O3/c1-8-2-5-12(16)11(6-8)14(19)18-13-7-9(17)3-4-10(13)15(20)21/h2-7H,17H2,1H3,(H,18,19)(H,20,21). The molecule has 2 aromatic rings. The van der Waals surface area contributed by atoms with Crippen LogP contribution >= 0.6 is 0 Å². The first-order valence-electron chi connectivity index (χ1n) is 6.09. The number of nitrogens with one attached hydrogen (secondary N) is 1. The summed E-state index contributed by atoms with van der Waals surface area (Å²) in [5.41, 5.74) is 6.33. The van der Waals surface area contributed by atoms with Gasteiger partial charge in [-0.15, -0.1) is 0 Å². The van der Waals surface area contributed by atoms with Gasteiger partial charge in [0.25, 0.3) is 5.91 Å². The second kappa shape index (κ2) is 5.62. The predicted molar refractivity (Wildman–Crippen MR) is 76.9 cm³/mol. The van der Waals surface area contributed by atoms with Gasteiger partial charge in [0.2, 0.25) is 0 Å². The molecule has 4 N–H and O–H groups in total. The van der Waals surface area contributed by atoms with Gasteiger partial charge in [-0.2, -0.15) is 0 Å². The van der Waals surface area contributed by atoms with Crippen molar-refractivity contribution < 1.29 is 19.1 Å². The van der Waals surface area contributed by atoms with Crippen LogP contribution in [0.1, 0.15) is 26.3 Å². The lowest BCUT2D eigenvalue weighted by molar-refractivity contribution is 0.0698. The van der Waals surface area contributed by atoms with Crippen LogP contribution in [0.25, 0.3) is 0 Å². The molecule has 0 aromatic heterocycles. The van der Waals surface area contributed by atoms with Gasteiger partial charge < -0.3 is 16.2 Å². The quantitative estimate of drug-likeness (QED) is 0.757. The van der Waals surface area contributed by atoms with Crippen molar-refractivity contribution in [3.05, 3.63) is 58.9 Å². The third kappa shape index (κ3) is 3.17. The number of aryl methyl sites for hydroxylation is 1. The molecule has 0 aliphatic rings. The van der Waals surface area contributed by atoms with E-state index in [4.69, 9.17) is 10.8 Å². The van der Waals surface area contributed by atoms with Crippen LogP contribution in [0.3, 0.4) is 0 Å². The van der Waals surface area contributed by atoms with Crippen molar-refractivity contribution in [3.63, 3.8) is 0 Å². The van der Waals surface area contributed by atoms with Gasteiger partial charge in [-0.3, -0.25) is 4.79 Å². The zero-order valence-electron chi connectivity index (χ0n) is 11.2. The summed E-state index contributed by atoms with van der Waals surface area (Å²) in [4.78, 5) is 23.2. The molecule has 0 saturated heterocycles. The molecule has 0 bridgehead atoms. The van der Waals surface area contributed by atoms with E-state index in [1.165, 1.54) is 36.4 Å². The Morgan fingerprint density at radius 1 is 1.14 bits per heavy atom. The van der Waals surface area contributed by atoms with Crippen LogP contribution in [-0.4, -0.2) is 17.0 Å². The van der Waals surface area contributed by atoms with Gasteiger partial charge in [-0.1, -0.05) is 11.6 Å². The molecule has 6 heteroatoms. The van der Waals surface area contributed by atoms with E-state index in [2.05, 4.69) is 5.32 Å². The number of amides is 1. The van der Waals surface area contributed by atoms with Gasteiger partial charge in [0.1, 0.15) is 5.82 Å². The Morgan fingerprint density at radius 2 is 1.86 bits per heavy atom. The number of nitrogens with two attached hydrogens (primary N) is 1. The van der Waals surface area contributed by atoms with Gasteiger partial charge in [0.05, 0.1) is 16.8 Å². The van der Waals surface area contributed by atoms with Crippen molar-refractivity contribution in [2.45, 2.75) is 6.92 Å². The summed E-state index contributed by atoms with van der Waals surface area (Å²) in [6.07, 6.45) is 0. The minimum atomic E-state index is -1.21. The number of carbonyl (C=O) groups excluding carboxylic acids is 1. The molecule has 1 amide bonds. The molecule has 0 aliphatic carbocycles. The third-order valence-corrected chi connectivity index (χ3v) is 2.89. The Kier molecular flexibility index (Phi) is 3.89. The Bertz CT molecular complexity index is 729. The van der Waals surface area contributed by atoms with E-state index < -0.39 is 17.7 Å². The number of carbonyl (C=O) groups is 2. The first-order chi connectivity index (χ1) is 9.88. The maximum absolute atomic E-state index is 13.7. The fourth-order valence-corrected chi connectivity index (χ4v) is 1.85. The van der Waals surface area contributed by atoms with Crippen molar-refractivity contribution in [3.8, 4) is 0 Å². The monoisotopic (exact) mass is 288 g/mol. The lowest BCUT2D eigenvalue weighted by atomic mass is 10.1. The summed E-state index contributed by atoms with van der Waals surface area (Å²) in [5, 5.41) is 11.4. The van der Waals surface area contributed by atoms with E-state index in [1.54, 1.807) is 6.92 Å². The SMILES string of the molecule is Cc1ccc(F)c(C(=O)Nc2cc(N)ccc2C(=O)O)c1. The second-order valence-electron chi connectivity index (χ2n) is 4.55. The molecule has 2 aromatic carbocycles. The predicted octanol–water partition coefficient (Wildman–Crippen LogP) is 2.67. The van der Waals surface area contributed by atoms with Crippen molar-refractivity contribution >= 4 is 23.3 Å². The Labute approximate surface area is 120 Å². The summed E-state index contributed by atoms with van der Waals surface area (Å²) in [6, 6.07) is 8.11. The van der Waals surface area contributed by atoms with E-state index in [0.717, 1.165) is 0 Å². The summed E-state index contributed by atoms with van der Waals surface area (Å²) in [6.45, 7) is 1.72. The normalized spacial score (nSPS) is 10.2. The number of nitrogen functional groups attached to an aromatic ring is 1. The molecule has 0 unspecified atom stereocenters. The van der Waals surface area contributed by atoms with Gasteiger partial charge in [-0.25, -0.2) is 9.18 Å². The van der Waals surface area contributed by atoms with Crippen LogP contribution in [0.5, 0.6) is 0 Å². The van der Waals surface area contributed by atoms with Gasteiger partial charge in [0, 0.05) is 5.69 Å². The van der Waals surface area contributed by atoms with Gasteiger partial charge >= 0.3 is 5.97 Å². The summed E-state index contributed by atoms with van der Waals surface area (Å²) in [7, 11) is 0. The summed E-state index contributed by atoms with van der Waals surface area (Å²) in [5.74, 6) is -2.63. The highest BCUT2D eigenvalue weighted by Gasteiger charge is 2.16. The van der Waals surface area contributed by atoms with Gasteiger partial charge in [-0.05, 0) is 37.3 Å². The number of aromatic carboxylic acids is 1. The highest BCUT2D eigenvalue weighted by molar-refractivity contribution is 6.08. The fraction of sp³-hybridized carbons (Fsp3) is 0.0667. The Balaban J connectivity index is 2.38. The molecule has 0 spiro atoms. The Hall–Kier alpha value is -2.89. The molecule has 5 nitrogen and oxygen atoms in total. The zero-order valence-corrected chi connectivity index (χ0v) is 11.2. The summed E-state index contributed by atoms with van der Waals surface area (Å²) >= 11 is 0. The van der Waals surface area contributed by atoms with E-state index in [9.17, 15) is 14.0 Å². The number of halogens is 1. The topological polar surface area (TPSA) is 92.4 Å². The van der Waals surface area contributed by atoms with Crippen molar-refractivity contribution in [1.29, 1.82) is 0 Å². The highest BCUT2D eigenvalue weighted by Crippen LogP contribution is 2.21. The number of benzene rings is 2. The third-order valence-electron chi connectivity index (χ3n) is 2.89. The minimum absolute atomic E-state index is 0.0217. The molecule has 0 atom stereocenters. The minimum Gasteiger partial charge on any atom is -0.478 e. The lowest BCUT2D eigenvalue weighted by Crippen LogP contribution is -2.16. The highest BCUT2D eigenvalue weighted by atomic mass is 19.1. The fourth-order valence-electron chi connectivity index (χ4n) is 1.85. The van der Waals surface area contributed by atoms with Crippen molar-refractivity contribution in [2.75, 3.05) is 11.1 Å². The first kappa shape index (κ1) is 14.5. The molecule has 0 heterocycles. The lowest BCUT2D eigenvalue weighted by Gasteiger charge is -2.10. The van der Waals surface area contributed by atoms with Crippen molar-refractivity contribution in [1.82, 2.24) is 0 Å². The van der Waals surface area contributed by atoms with E-state index in [1.807, 2.05) is 0 Å². The molecule has 2 rings (SSSR count). The van der Waals surface area contributed by atoms with Crippen LogP contribution < -0.4 is 11.1 Å². The van der Waals surface area contributed by atoms with Crippen LogP contribution in [0.4, 0.5) is 15.8 Å². The maximum Gasteiger partial charge on any atom is 0.337 e. The number of hydrogen-bond acceptors (Lipinski definition) is 3. The molecule has 0 aliphatic heterocycles. The second-order valence-corrected chi connectivity index (χ2v) is 4.55. The van der Waals surface area contributed by atoms with Gasteiger partial charge in [0.15, 0.2) is 0 Å². The first-order valence-corrected chi connectivity index (χ1v) is 6.09. The van der Waals surface area contributed by atoms with E-state index >= 15 is 0 Å². The molecule has 0 fully saturated rings. The molecule has 0 radical (unpaired) electrons. The van der Waals surface area contributed by atoms with Crippen molar-refractivity contribution in [2.24, 2.45) is 0 Å². The molecule has 108 valence electrons. The largest absolute Gasteiger partial charge is 0.478 e. The van der Waals surface area contributed by atoms with Crippen LogP contribution in [0.15, 0.2) is 36.4 Å². The maximum atomic E-state index is 13.7. The summed E-state index contributed by atoms with van der Waals surface area (Å²) < 4.78 is 13.7. The average Bonchev–Trinajstić information content (AvgIpc) is 2.41. The molecular weight excluding hydrogens is 275 g/mol. The molecule has 0 saturated carbocycles.